The fraction of sp³-hybridized carbons (Fsp3) is 0.357. The molecule has 20 heavy (non-hydrogen) atoms. The average Bonchev–Trinajstić information content (AvgIpc) is 2.84. The fourth-order valence-electron chi connectivity index (χ4n) is 2.13. The molecule has 0 saturated carbocycles. The number of carboxylic acid groups (broad SMARTS) is 1. The third kappa shape index (κ3) is 3.57. The van der Waals surface area contributed by atoms with Gasteiger partial charge in [0.15, 0.2) is 0 Å². The zero-order valence-electron chi connectivity index (χ0n) is 10.9. The molecule has 2 amide bonds. The predicted octanol–water partition coefficient (Wildman–Crippen LogP) is 0.921. The van der Waals surface area contributed by atoms with Gasteiger partial charge in [-0.2, -0.15) is 0 Å². The van der Waals surface area contributed by atoms with E-state index in [-0.39, 0.29) is 18.2 Å². The Morgan fingerprint density at radius 1 is 1.35 bits per heavy atom. The lowest BCUT2D eigenvalue weighted by Crippen LogP contribution is -2.37. The van der Waals surface area contributed by atoms with Crippen molar-refractivity contribution in [2.24, 2.45) is 0 Å². The number of hydrogen-bond donors (Lipinski definition) is 3. The SMILES string of the molecule is O=C(O)CCc1ccccc1NC(=O)C1CCC(=O)N1. The first-order valence-electron chi connectivity index (χ1n) is 6.46. The van der Waals surface area contributed by atoms with Gasteiger partial charge in [-0.3, -0.25) is 14.4 Å². The van der Waals surface area contributed by atoms with E-state index in [0.717, 1.165) is 5.56 Å². The molecule has 0 bridgehead atoms. The minimum atomic E-state index is -0.880. The molecule has 1 fully saturated rings. The van der Waals surface area contributed by atoms with Crippen molar-refractivity contribution in [1.29, 1.82) is 0 Å². The number of aliphatic carboxylic acids is 1. The van der Waals surface area contributed by atoms with E-state index in [4.69, 9.17) is 5.11 Å². The second-order valence-corrected chi connectivity index (χ2v) is 4.70. The monoisotopic (exact) mass is 276 g/mol. The molecule has 1 atom stereocenters. The van der Waals surface area contributed by atoms with Gasteiger partial charge in [-0.25, -0.2) is 0 Å². The second kappa shape index (κ2) is 6.18. The van der Waals surface area contributed by atoms with Crippen LogP contribution in [0.25, 0.3) is 0 Å². The molecule has 0 aromatic heterocycles. The number of rotatable bonds is 5. The van der Waals surface area contributed by atoms with Gasteiger partial charge in [0.25, 0.3) is 0 Å². The van der Waals surface area contributed by atoms with Crippen LogP contribution in [-0.2, 0) is 20.8 Å². The van der Waals surface area contributed by atoms with Gasteiger partial charge < -0.3 is 15.7 Å². The highest BCUT2D eigenvalue weighted by Gasteiger charge is 2.27. The summed E-state index contributed by atoms with van der Waals surface area (Å²) in [5, 5.41) is 14.1. The van der Waals surface area contributed by atoms with Crippen molar-refractivity contribution in [2.75, 3.05) is 5.32 Å². The van der Waals surface area contributed by atoms with Gasteiger partial charge in [-0.15, -0.1) is 0 Å². The van der Waals surface area contributed by atoms with Gasteiger partial charge in [-0.1, -0.05) is 18.2 Å². The van der Waals surface area contributed by atoms with E-state index >= 15 is 0 Å². The molecule has 1 saturated heterocycles. The van der Waals surface area contributed by atoms with Crippen LogP contribution in [-0.4, -0.2) is 28.9 Å². The number of para-hydroxylation sites is 1. The lowest BCUT2D eigenvalue weighted by Gasteiger charge is -2.13. The molecule has 0 spiro atoms. The first kappa shape index (κ1) is 14.0. The quantitative estimate of drug-likeness (QED) is 0.745. The molecule has 106 valence electrons. The smallest absolute Gasteiger partial charge is 0.303 e. The summed E-state index contributed by atoms with van der Waals surface area (Å²) in [6.45, 7) is 0. The predicted molar refractivity (Wildman–Crippen MR) is 72.2 cm³/mol. The summed E-state index contributed by atoms with van der Waals surface area (Å²) in [7, 11) is 0. The molecule has 6 heteroatoms. The minimum Gasteiger partial charge on any atom is -0.481 e. The minimum absolute atomic E-state index is 0.00699. The summed E-state index contributed by atoms with van der Waals surface area (Å²) in [5.41, 5.74) is 1.37. The fourth-order valence-corrected chi connectivity index (χ4v) is 2.13. The van der Waals surface area contributed by atoms with E-state index < -0.39 is 12.0 Å². The summed E-state index contributed by atoms with van der Waals surface area (Å²) in [4.78, 5) is 33.7. The first-order chi connectivity index (χ1) is 9.56. The number of amides is 2. The normalized spacial score (nSPS) is 17.6. The Bertz CT molecular complexity index is 542. The number of benzene rings is 1. The Kier molecular flexibility index (Phi) is 4.34. The van der Waals surface area contributed by atoms with E-state index in [1.54, 1.807) is 24.3 Å². The average molecular weight is 276 g/mol. The van der Waals surface area contributed by atoms with Crippen molar-refractivity contribution < 1.29 is 19.5 Å². The highest BCUT2D eigenvalue weighted by Crippen LogP contribution is 2.18. The molecular weight excluding hydrogens is 260 g/mol. The summed E-state index contributed by atoms with van der Waals surface area (Å²) in [6.07, 6.45) is 1.20. The van der Waals surface area contributed by atoms with Crippen LogP contribution in [0.5, 0.6) is 0 Å². The van der Waals surface area contributed by atoms with Crippen LogP contribution < -0.4 is 10.6 Å². The molecule has 0 aliphatic carbocycles. The summed E-state index contributed by atoms with van der Waals surface area (Å²) < 4.78 is 0. The molecular formula is C14H16N2O4. The standard InChI is InChI=1S/C14H16N2O4/c17-12-7-6-11(15-12)14(20)16-10-4-2-1-3-9(10)5-8-13(18)19/h1-4,11H,5-8H2,(H,15,17)(H,16,20)(H,18,19). The van der Waals surface area contributed by atoms with E-state index in [1.807, 2.05) is 0 Å². The van der Waals surface area contributed by atoms with Crippen molar-refractivity contribution in [1.82, 2.24) is 5.32 Å². The van der Waals surface area contributed by atoms with Crippen molar-refractivity contribution in [2.45, 2.75) is 31.7 Å². The zero-order chi connectivity index (χ0) is 14.5. The molecule has 1 aromatic carbocycles. The van der Waals surface area contributed by atoms with Gasteiger partial charge >= 0.3 is 5.97 Å². The van der Waals surface area contributed by atoms with E-state index in [0.29, 0.717) is 24.9 Å². The van der Waals surface area contributed by atoms with Crippen LogP contribution in [0.4, 0.5) is 5.69 Å². The van der Waals surface area contributed by atoms with Crippen LogP contribution in [0.2, 0.25) is 0 Å². The summed E-state index contributed by atoms with van der Waals surface area (Å²) in [6, 6.07) is 6.57. The lowest BCUT2D eigenvalue weighted by atomic mass is 10.1. The molecule has 1 heterocycles. The molecule has 2 rings (SSSR count). The molecule has 1 aromatic rings. The maximum Gasteiger partial charge on any atom is 0.303 e. The second-order valence-electron chi connectivity index (χ2n) is 4.70. The van der Waals surface area contributed by atoms with Gasteiger partial charge in [-0.05, 0) is 24.5 Å². The van der Waals surface area contributed by atoms with E-state index in [2.05, 4.69) is 10.6 Å². The number of nitrogens with one attached hydrogen (secondary N) is 2. The number of carboxylic acids is 1. The number of hydrogen-bond acceptors (Lipinski definition) is 3. The maximum absolute atomic E-state index is 12.0. The lowest BCUT2D eigenvalue weighted by molar-refractivity contribution is -0.137. The van der Waals surface area contributed by atoms with Crippen LogP contribution in [0.15, 0.2) is 24.3 Å². The van der Waals surface area contributed by atoms with Crippen LogP contribution in [0, 0.1) is 0 Å². The molecule has 1 unspecified atom stereocenters. The first-order valence-corrected chi connectivity index (χ1v) is 6.46. The van der Waals surface area contributed by atoms with E-state index in [9.17, 15) is 14.4 Å². The highest BCUT2D eigenvalue weighted by molar-refractivity contribution is 5.99. The summed E-state index contributed by atoms with van der Waals surface area (Å²) >= 11 is 0. The van der Waals surface area contributed by atoms with Gasteiger partial charge in [0.05, 0.1) is 0 Å². The van der Waals surface area contributed by atoms with Crippen LogP contribution in [0.1, 0.15) is 24.8 Å². The third-order valence-corrected chi connectivity index (χ3v) is 3.20. The Morgan fingerprint density at radius 2 is 2.10 bits per heavy atom. The molecule has 6 nitrogen and oxygen atoms in total. The van der Waals surface area contributed by atoms with E-state index in [1.165, 1.54) is 0 Å². The van der Waals surface area contributed by atoms with Gasteiger partial charge in [0.2, 0.25) is 11.8 Å². The molecule has 1 aliphatic heterocycles. The van der Waals surface area contributed by atoms with Crippen molar-refractivity contribution >= 4 is 23.5 Å². The Labute approximate surface area is 116 Å². The van der Waals surface area contributed by atoms with Crippen molar-refractivity contribution in [3.8, 4) is 0 Å². The van der Waals surface area contributed by atoms with Crippen LogP contribution >= 0.6 is 0 Å². The number of carbonyl (C=O) groups excluding carboxylic acids is 2. The number of aryl methyl sites for hydroxylation is 1. The number of anilines is 1. The van der Waals surface area contributed by atoms with Crippen molar-refractivity contribution in [3.63, 3.8) is 0 Å². The Balaban J connectivity index is 2.03. The van der Waals surface area contributed by atoms with Crippen LogP contribution in [0.3, 0.4) is 0 Å². The Morgan fingerprint density at radius 3 is 2.75 bits per heavy atom. The van der Waals surface area contributed by atoms with Crippen molar-refractivity contribution in [3.05, 3.63) is 29.8 Å². The topological polar surface area (TPSA) is 95.5 Å². The van der Waals surface area contributed by atoms with Gasteiger partial charge in [0.1, 0.15) is 6.04 Å². The highest BCUT2D eigenvalue weighted by atomic mass is 16.4. The zero-order valence-corrected chi connectivity index (χ0v) is 10.9. The third-order valence-electron chi connectivity index (χ3n) is 3.20. The molecule has 3 N–H and O–H groups in total. The van der Waals surface area contributed by atoms with Gasteiger partial charge in [0, 0.05) is 18.5 Å². The number of carbonyl (C=O) groups is 3. The maximum atomic E-state index is 12.0. The Hall–Kier alpha value is -2.37. The molecule has 0 radical (unpaired) electrons. The molecule has 1 aliphatic rings. The largest absolute Gasteiger partial charge is 0.481 e. The summed E-state index contributed by atoms with van der Waals surface area (Å²) in [5.74, 6) is -1.27.